The first-order chi connectivity index (χ1) is 32.0. The fourth-order valence-corrected chi connectivity index (χ4v) is 9.23. The number of esters is 2. The second-order valence-electron chi connectivity index (χ2n) is 17.8. The zero-order valence-electron chi connectivity index (χ0n) is 38.3. The molecule has 0 radical (unpaired) electrons. The zero-order chi connectivity index (χ0) is 45.3. The van der Waals surface area contributed by atoms with E-state index in [2.05, 4.69) is 48.6 Å². The van der Waals surface area contributed by atoms with Crippen molar-refractivity contribution in [1.29, 1.82) is 10.5 Å². The van der Waals surface area contributed by atoms with E-state index in [1.165, 1.54) is 51.4 Å². The van der Waals surface area contributed by atoms with Gasteiger partial charge in [0, 0.05) is 0 Å². The molecule has 1 saturated carbocycles. The van der Waals surface area contributed by atoms with E-state index in [0.717, 1.165) is 118 Å². The van der Waals surface area contributed by atoms with Crippen molar-refractivity contribution in [1.82, 2.24) is 0 Å². The van der Waals surface area contributed by atoms with E-state index in [0.29, 0.717) is 24.3 Å². The number of ether oxygens (including phenoxy) is 4. The summed E-state index contributed by atoms with van der Waals surface area (Å²) in [5.74, 6) is 0.641. The van der Waals surface area contributed by atoms with Gasteiger partial charge in [-0.1, -0.05) is 151 Å². The summed E-state index contributed by atoms with van der Waals surface area (Å²) in [4.78, 5) is 26.4. The van der Waals surface area contributed by atoms with Crippen LogP contribution in [0.3, 0.4) is 0 Å². The Hall–Kier alpha value is -5.86. The van der Waals surface area contributed by atoms with Gasteiger partial charge < -0.3 is 18.9 Å². The molecule has 342 valence electrons. The lowest BCUT2D eigenvalue weighted by Gasteiger charge is -2.25. The summed E-state index contributed by atoms with van der Waals surface area (Å²) in [6.45, 7) is 2.28. The molecule has 0 saturated heterocycles. The molecule has 2 aliphatic carbocycles. The van der Waals surface area contributed by atoms with Crippen molar-refractivity contribution in [3.8, 4) is 45.9 Å². The van der Waals surface area contributed by atoms with Gasteiger partial charge in [0.1, 0.15) is 11.5 Å². The lowest BCUT2D eigenvalue weighted by atomic mass is 9.83. The first-order valence-corrected chi connectivity index (χ1v) is 24.5. The lowest BCUT2D eigenvalue weighted by Crippen LogP contribution is -2.35. The summed E-state index contributed by atoms with van der Waals surface area (Å²) in [7, 11) is 0. The molecule has 4 atom stereocenters. The molecule has 0 N–H and O–H groups in total. The van der Waals surface area contributed by atoms with Crippen LogP contribution in [0.1, 0.15) is 133 Å². The van der Waals surface area contributed by atoms with Crippen molar-refractivity contribution >= 4 is 11.9 Å². The molecule has 65 heavy (non-hydrogen) atoms. The van der Waals surface area contributed by atoms with Gasteiger partial charge in [-0.15, -0.1) is 0 Å². The second-order valence-corrected chi connectivity index (χ2v) is 17.8. The number of fused-ring (bicyclic) bond motifs is 2. The number of carbonyl (C=O) groups is 2. The third-order valence-corrected chi connectivity index (χ3v) is 13.0. The molecule has 0 aromatic heterocycles. The maximum absolute atomic E-state index is 13.2. The first kappa shape index (κ1) is 48.6. The average molecular weight is 877 g/mol. The van der Waals surface area contributed by atoms with Crippen molar-refractivity contribution in [2.75, 3.05) is 26.4 Å². The third kappa shape index (κ3) is 16.0. The van der Waals surface area contributed by atoms with Gasteiger partial charge in [0.05, 0.1) is 61.5 Å². The average Bonchev–Trinajstić information content (AvgIpc) is 3.98. The van der Waals surface area contributed by atoms with Crippen molar-refractivity contribution in [3.63, 3.8) is 0 Å². The molecule has 8 heteroatoms. The topological polar surface area (TPSA) is 119 Å². The Balaban J connectivity index is 0.709. The quantitative estimate of drug-likeness (QED) is 0.0289. The number of benzene rings is 4. The predicted octanol–water partition coefficient (Wildman–Crippen LogP) is 13.8. The molecule has 8 nitrogen and oxygen atoms in total. The van der Waals surface area contributed by atoms with E-state index >= 15 is 0 Å². The van der Waals surface area contributed by atoms with E-state index in [1.54, 1.807) is 0 Å². The minimum absolute atomic E-state index is 0.0797. The molecule has 2 bridgehead atoms. The maximum Gasteiger partial charge on any atom is 0.310 e. The van der Waals surface area contributed by atoms with Crippen molar-refractivity contribution in [3.05, 3.63) is 120 Å². The van der Waals surface area contributed by atoms with Crippen LogP contribution in [-0.4, -0.2) is 38.4 Å². The van der Waals surface area contributed by atoms with Crippen LogP contribution >= 0.6 is 0 Å². The Kier molecular flexibility index (Phi) is 20.5. The van der Waals surface area contributed by atoms with Crippen molar-refractivity contribution in [2.24, 2.45) is 23.7 Å². The van der Waals surface area contributed by atoms with Crippen LogP contribution in [0, 0.1) is 46.3 Å². The molecule has 4 aromatic rings. The Bertz CT molecular complexity index is 1980. The van der Waals surface area contributed by atoms with Crippen molar-refractivity contribution < 1.29 is 28.5 Å². The largest absolute Gasteiger partial charge is 0.494 e. The highest BCUT2D eigenvalue weighted by Gasteiger charge is 2.53. The summed E-state index contributed by atoms with van der Waals surface area (Å²) in [5.41, 5.74) is 5.72. The smallest absolute Gasteiger partial charge is 0.310 e. The van der Waals surface area contributed by atoms with Gasteiger partial charge in [0.25, 0.3) is 0 Å². The first-order valence-electron chi connectivity index (χ1n) is 24.5. The number of allylic oxidation sites excluding steroid dienone is 2. The molecule has 1 fully saturated rings. The number of hydrogen-bond acceptors (Lipinski definition) is 8. The molecule has 0 aliphatic heterocycles. The van der Waals surface area contributed by atoms with Crippen LogP contribution in [0.15, 0.2) is 109 Å². The van der Waals surface area contributed by atoms with Gasteiger partial charge in [0.2, 0.25) is 0 Å². The minimum Gasteiger partial charge on any atom is -0.494 e. The summed E-state index contributed by atoms with van der Waals surface area (Å²) in [6.07, 6.45) is 25.2. The monoisotopic (exact) mass is 877 g/mol. The molecular formula is C57H68N2O6. The van der Waals surface area contributed by atoms with E-state index in [4.69, 9.17) is 29.5 Å². The second kappa shape index (κ2) is 27.5. The van der Waals surface area contributed by atoms with Crippen LogP contribution in [-0.2, 0) is 19.1 Å². The molecule has 0 amide bonds. The minimum atomic E-state index is -0.414. The number of rotatable bonds is 30. The van der Waals surface area contributed by atoms with E-state index in [9.17, 15) is 9.59 Å². The fourth-order valence-electron chi connectivity index (χ4n) is 9.23. The number of nitrogens with zero attached hydrogens (tertiary/aromatic N) is 2. The van der Waals surface area contributed by atoms with Gasteiger partial charge >= 0.3 is 11.9 Å². The molecule has 4 aromatic carbocycles. The number of nitriles is 2. The highest BCUT2D eigenvalue weighted by Crippen LogP contribution is 2.49. The van der Waals surface area contributed by atoms with Gasteiger partial charge in [-0.25, -0.2) is 0 Å². The Labute approximate surface area is 388 Å². The summed E-state index contributed by atoms with van der Waals surface area (Å²) in [5, 5.41) is 18.0. The van der Waals surface area contributed by atoms with Crippen molar-refractivity contribution in [2.45, 2.75) is 122 Å². The van der Waals surface area contributed by atoms with Crippen LogP contribution in [0.25, 0.3) is 22.3 Å². The van der Waals surface area contributed by atoms with Gasteiger partial charge in [-0.2, -0.15) is 10.5 Å². The van der Waals surface area contributed by atoms with E-state index in [-0.39, 0.29) is 23.8 Å². The van der Waals surface area contributed by atoms with Gasteiger partial charge in [-0.3, -0.25) is 9.59 Å². The molecule has 0 heterocycles. The Morgan fingerprint density at radius 1 is 0.400 bits per heavy atom. The van der Waals surface area contributed by atoms with Crippen LogP contribution in [0.2, 0.25) is 0 Å². The summed E-state index contributed by atoms with van der Waals surface area (Å²) >= 11 is 0. The number of hydrogen-bond donors (Lipinski definition) is 0. The highest BCUT2D eigenvalue weighted by molar-refractivity contribution is 5.84. The molecular weight excluding hydrogens is 809 g/mol. The SMILES string of the molecule is N#Cc1ccc(-c2ccc(OCCCCCCCCCCCOC(=O)[C@H]3[C@H](C(=O)OCCCCCCCCCCCOc4ccc(-c5ccc(C#N)cc5)cc4)[C@H]4C=C[C@@H]3C4)cc2)cc1. The Morgan fingerprint density at radius 2 is 0.677 bits per heavy atom. The van der Waals surface area contributed by atoms with Gasteiger partial charge in [0.15, 0.2) is 0 Å². The zero-order valence-corrected chi connectivity index (χ0v) is 38.3. The maximum atomic E-state index is 13.2. The fraction of sp³-hybridized carbons (Fsp3) is 0.474. The van der Waals surface area contributed by atoms with Crippen LogP contribution < -0.4 is 9.47 Å². The normalized spacial score (nSPS) is 17.0. The van der Waals surface area contributed by atoms with E-state index < -0.39 is 11.8 Å². The van der Waals surface area contributed by atoms with E-state index in [1.807, 2.05) is 72.8 Å². The summed E-state index contributed by atoms with van der Waals surface area (Å²) < 4.78 is 23.4. The summed E-state index contributed by atoms with van der Waals surface area (Å²) in [6, 6.07) is 35.8. The number of carbonyl (C=O) groups excluding carboxylic acids is 2. The molecule has 6 rings (SSSR count). The molecule has 2 aliphatic rings. The third-order valence-electron chi connectivity index (χ3n) is 13.0. The Morgan fingerprint density at radius 3 is 0.985 bits per heavy atom. The predicted molar refractivity (Wildman–Crippen MR) is 257 cm³/mol. The molecule has 0 unspecified atom stereocenters. The van der Waals surface area contributed by atoms with Crippen LogP contribution in [0.4, 0.5) is 0 Å². The molecule has 0 spiro atoms. The highest BCUT2D eigenvalue weighted by atomic mass is 16.5. The standard InChI is InChI=1S/C57H68N2O6/c58-42-44-19-23-46(24-20-44)48-29-33-52(34-30-48)62-37-15-11-7-3-1-5-9-13-17-39-64-56(60)54-50-27-28-51(41-50)55(54)57(61)65-40-18-14-10-6-2-4-8-12-16-38-63-53-35-31-49(32-36-53)47-25-21-45(43-59)22-26-47/h19-36,50-51,54-55H,1-18,37-41H2/t50-,51+,54-,55-/m1/s1. The van der Waals surface area contributed by atoms with Crippen LogP contribution in [0.5, 0.6) is 11.5 Å². The number of unbranched alkanes of at least 4 members (excludes halogenated alkanes) is 16. The van der Waals surface area contributed by atoms with Gasteiger partial charge in [-0.05, 0) is 115 Å². The lowest BCUT2D eigenvalue weighted by molar-refractivity contribution is -0.161.